The Balaban J connectivity index is 0.572. The molecule has 2 nitrogen and oxygen atoms in total. The van der Waals surface area contributed by atoms with Crippen LogP contribution >= 0.6 is 0 Å². The summed E-state index contributed by atoms with van der Waals surface area (Å²) < 4.78 is 0. The first kappa shape index (κ1) is 93.5. The lowest BCUT2D eigenvalue weighted by Crippen LogP contribution is -2.25. The minimum absolute atomic E-state index is 0.0280. The molecule has 0 aliphatic heterocycles. The van der Waals surface area contributed by atoms with Crippen LogP contribution in [0, 0.1) is 0 Å². The van der Waals surface area contributed by atoms with Gasteiger partial charge in [0.25, 0.3) is 0 Å². The van der Waals surface area contributed by atoms with Crippen LogP contribution in [0.4, 0.5) is 34.1 Å². The highest BCUT2D eigenvalue weighted by Gasteiger charge is 2.46. The van der Waals surface area contributed by atoms with Gasteiger partial charge in [0.1, 0.15) is 0 Å². The van der Waals surface area contributed by atoms with E-state index in [1.165, 1.54) is 287 Å². The van der Waals surface area contributed by atoms with Crippen molar-refractivity contribution in [2.75, 3.05) is 9.80 Å². The number of anilines is 6. The number of hydrogen-bond acceptors (Lipinski definition) is 2. The summed E-state index contributed by atoms with van der Waals surface area (Å²) in [5, 5.41) is 9.28. The Bertz CT molecular complexity index is 7500. The Morgan fingerprint density at radius 2 is 0.403 bits per heavy atom. The summed E-state index contributed by atoms with van der Waals surface area (Å²) in [7, 11) is 0. The van der Waals surface area contributed by atoms with Gasteiger partial charge < -0.3 is 9.80 Å². The summed E-state index contributed by atoms with van der Waals surface area (Å²) >= 11 is 0. The van der Waals surface area contributed by atoms with Gasteiger partial charge in [-0.05, 0) is 277 Å². The first-order chi connectivity index (χ1) is 70.7. The molecule has 0 aromatic heterocycles. The molecule has 0 N–H and O–H groups in total. The Hall–Kier alpha value is -14.2. The molecule has 0 saturated carbocycles. The van der Waals surface area contributed by atoms with Gasteiger partial charge in [-0.2, -0.15) is 0 Å². The quantitative estimate of drug-likeness (QED) is 0.0219. The highest BCUT2D eigenvalue weighted by atomic mass is 15.2. The predicted molar refractivity (Wildman–Crippen MR) is 620 cm³/mol. The van der Waals surface area contributed by atoms with Crippen molar-refractivity contribution in [1.29, 1.82) is 0 Å². The highest BCUT2D eigenvalue weighted by molar-refractivity contribution is 6.25. The third kappa shape index (κ3) is 16.8. The van der Waals surface area contributed by atoms with E-state index in [2.05, 4.69) is 453 Å². The maximum absolute atomic E-state index is 2.64. The summed E-state index contributed by atoms with van der Waals surface area (Å²) in [4.78, 5) is 5.16. The molecule has 19 aromatic carbocycles. The van der Waals surface area contributed by atoms with Gasteiger partial charge in [0, 0.05) is 65.4 Å². The van der Waals surface area contributed by atoms with Crippen molar-refractivity contribution in [3.05, 3.63) is 433 Å². The van der Waals surface area contributed by atoms with E-state index in [0.29, 0.717) is 0 Å². The molecule has 23 rings (SSSR count). The van der Waals surface area contributed by atoms with Crippen LogP contribution in [0.3, 0.4) is 0 Å². The van der Waals surface area contributed by atoms with E-state index in [4.69, 9.17) is 0 Å². The standard InChI is InChI=1S/C142H136N2/c1-9-13-17-21-37-83-141(84-38-22-18-14-10-2)127-67-35-33-61-115(127)121-81-75-109(95-133(121)141)107-73-79-119-117-77-71-105(91-129(117)139(5,6)131(119)93-107)101-53-41-51-99(87-101)103-55-43-57-111(89-103)143(135-69-45-49-97-47-25-27-59-113(97)135)137-123-63-29-31-65-125(123)138(126-66-32-30-64-124(126)137)144(136-70-46-50-98-48-26-28-60-114(98)136)112-58-44-56-104(90-112)100-52-42-54-102(88-100)106-72-78-118-120-80-74-108(94-132(120)140(7,8)130(118)92-106)110-76-82-122-116-62-34-36-68-128(116)142(134(122)96-110,85-39-23-19-15-11-3)86-40-24-20-16-12-4/h25-36,41-82,87-96H,9-24,37-40,83-86H2,1-8H3. The smallest absolute Gasteiger partial charge is 0.0620 e. The largest absolute Gasteiger partial charge is 0.309 e. The van der Waals surface area contributed by atoms with E-state index >= 15 is 0 Å². The lowest BCUT2D eigenvalue weighted by Gasteiger charge is -2.34. The second-order valence-electron chi connectivity index (χ2n) is 43.4. The summed E-state index contributed by atoms with van der Waals surface area (Å²) in [6, 6.07) is 151. The molecular formula is C142H136N2. The van der Waals surface area contributed by atoms with Gasteiger partial charge in [0.05, 0.1) is 22.7 Å². The van der Waals surface area contributed by atoms with Crippen LogP contribution in [-0.2, 0) is 21.7 Å². The number of unbranched alkanes of at least 4 members (excludes halogenated alkanes) is 16. The Kier molecular flexibility index (Phi) is 25.9. The third-order valence-electron chi connectivity index (χ3n) is 34.0. The molecular weight excluding hydrogens is 1730 g/mol. The molecule has 0 bridgehead atoms. The van der Waals surface area contributed by atoms with Crippen molar-refractivity contribution in [2.24, 2.45) is 0 Å². The van der Waals surface area contributed by atoms with Crippen molar-refractivity contribution in [1.82, 2.24) is 0 Å². The van der Waals surface area contributed by atoms with Crippen LogP contribution in [-0.4, -0.2) is 0 Å². The fourth-order valence-corrected chi connectivity index (χ4v) is 26.5. The van der Waals surface area contributed by atoms with Gasteiger partial charge in [-0.3, -0.25) is 0 Å². The minimum Gasteiger partial charge on any atom is -0.309 e. The van der Waals surface area contributed by atoms with Gasteiger partial charge >= 0.3 is 0 Å². The molecule has 0 atom stereocenters. The first-order valence-corrected chi connectivity index (χ1v) is 54.8. The van der Waals surface area contributed by atoms with Crippen LogP contribution in [0.5, 0.6) is 0 Å². The molecule has 0 radical (unpaired) electrons. The lowest BCUT2D eigenvalue weighted by atomic mass is 9.70. The SMILES string of the molecule is CCCCCCCC1(CCCCCCC)c2ccccc2-c2ccc(-c3ccc4c(c3)C(C)(C)c3cc(-c5cccc(-c6cccc(N(c7cccc8ccccc78)c7c8ccccc8c(N(c8cccc(-c9cccc(-c%10ccc%11c(c%10)C(C)(C)c%10cc(-c%12ccc%13c(c%12)C(CCCCCCC)(CCCCCCC)c%12ccccc%12-%13)ccc%10-%11)c9)c8)c8cccc9ccccc89)c8ccccc78)c6)c5)ccc3-4)cc21. The summed E-state index contributed by atoms with van der Waals surface area (Å²) in [6.45, 7) is 19.2. The molecule has 4 aliphatic carbocycles. The molecule has 714 valence electrons. The first-order valence-electron chi connectivity index (χ1n) is 54.8. The third-order valence-corrected chi connectivity index (χ3v) is 34.0. The van der Waals surface area contributed by atoms with Crippen LogP contribution in [0.25, 0.3) is 154 Å². The Morgan fingerprint density at radius 1 is 0.174 bits per heavy atom. The zero-order chi connectivity index (χ0) is 97.6. The topological polar surface area (TPSA) is 6.48 Å². The highest BCUT2D eigenvalue weighted by Crippen LogP contribution is 2.61. The average molecular weight is 1870 g/mol. The van der Waals surface area contributed by atoms with Crippen LogP contribution in [0.2, 0.25) is 0 Å². The van der Waals surface area contributed by atoms with Crippen molar-refractivity contribution in [3.63, 3.8) is 0 Å². The van der Waals surface area contributed by atoms with E-state index in [1.54, 1.807) is 22.3 Å². The maximum atomic E-state index is 2.64. The Morgan fingerprint density at radius 3 is 0.715 bits per heavy atom. The number of hydrogen-bond donors (Lipinski definition) is 0. The normalized spacial score (nSPS) is 13.9. The maximum Gasteiger partial charge on any atom is 0.0620 e. The van der Waals surface area contributed by atoms with Crippen molar-refractivity contribution >= 4 is 77.2 Å². The molecule has 0 spiro atoms. The number of nitrogens with zero attached hydrogens (tertiary/aromatic N) is 2. The van der Waals surface area contributed by atoms with Crippen molar-refractivity contribution < 1.29 is 0 Å². The van der Waals surface area contributed by atoms with Crippen LogP contribution in [0.15, 0.2) is 388 Å². The van der Waals surface area contributed by atoms with Crippen LogP contribution in [0.1, 0.15) is 254 Å². The molecule has 19 aromatic rings. The van der Waals surface area contributed by atoms with Crippen molar-refractivity contribution in [3.8, 4) is 111 Å². The molecule has 0 saturated heterocycles. The summed E-state index contributed by atoms with van der Waals surface area (Å²) in [5.41, 5.74) is 43.9. The van der Waals surface area contributed by atoms with E-state index < -0.39 is 0 Å². The second-order valence-corrected chi connectivity index (χ2v) is 43.4. The van der Waals surface area contributed by atoms with E-state index in [1.807, 2.05) is 0 Å². The average Bonchev–Trinajstić information content (AvgIpc) is 1.14. The Labute approximate surface area is 856 Å². The van der Waals surface area contributed by atoms with E-state index in [9.17, 15) is 0 Å². The summed E-state index contributed by atoms with van der Waals surface area (Å²) in [5.74, 6) is 0. The summed E-state index contributed by atoms with van der Waals surface area (Å²) in [6.07, 6.45) is 30.8. The van der Waals surface area contributed by atoms with Crippen molar-refractivity contribution in [2.45, 2.75) is 231 Å². The predicted octanol–water partition coefficient (Wildman–Crippen LogP) is 41.8. The number of benzene rings is 19. The molecule has 4 aliphatic rings. The molecule has 0 heterocycles. The minimum atomic E-state index is -0.234. The molecule has 0 unspecified atom stereocenters. The number of rotatable bonds is 36. The second kappa shape index (κ2) is 39.8. The van der Waals surface area contributed by atoms with E-state index in [0.717, 1.165) is 77.9 Å². The zero-order valence-electron chi connectivity index (χ0n) is 85.8. The molecule has 2 heteroatoms. The monoisotopic (exact) mass is 1870 g/mol. The van der Waals surface area contributed by atoms with Gasteiger partial charge in [-0.15, -0.1) is 0 Å². The fourth-order valence-electron chi connectivity index (χ4n) is 26.5. The lowest BCUT2D eigenvalue weighted by molar-refractivity contribution is 0.399. The van der Waals surface area contributed by atoms with Crippen LogP contribution < -0.4 is 9.80 Å². The van der Waals surface area contributed by atoms with Gasteiger partial charge in [0.2, 0.25) is 0 Å². The van der Waals surface area contributed by atoms with Gasteiger partial charge in [-0.25, -0.2) is 0 Å². The zero-order valence-corrected chi connectivity index (χ0v) is 85.8. The fraction of sp³-hybridized carbons (Fsp3) is 0.254. The molecule has 144 heavy (non-hydrogen) atoms. The van der Waals surface area contributed by atoms with Gasteiger partial charge in [-0.1, -0.05) is 487 Å². The molecule has 0 fully saturated rings. The molecule has 0 amide bonds. The van der Waals surface area contributed by atoms with Gasteiger partial charge in [0.15, 0.2) is 0 Å². The number of fused-ring (bicyclic) bond motifs is 16. The van der Waals surface area contributed by atoms with E-state index in [-0.39, 0.29) is 21.7 Å².